The molecule has 28 heavy (non-hydrogen) atoms. The van der Waals surface area contributed by atoms with Crippen molar-refractivity contribution in [2.24, 2.45) is 0 Å². The van der Waals surface area contributed by atoms with E-state index in [1.54, 1.807) is 7.11 Å². The molecule has 3 aromatic rings. The van der Waals surface area contributed by atoms with Crippen molar-refractivity contribution in [1.29, 1.82) is 0 Å². The van der Waals surface area contributed by atoms with E-state index in [2.05, 4.69) is 17.2 Å². The zero-order valence-corrected chi connectivity index (χ0v) is 17.0. The van der Waals surface area contributed by atoms with Crippen molar-refractivity contribution in [3.63, 3.8) is 0 Å². The molecule has 3 rings (SSSR count). The number of nitrogens with one attached hydrogen (secondary N) is 2. The molecular formula is C23H28N2O3. The minimum Gasteiger partial charge on any atom is -0.497 e. The third-order valence-electron chi connectivity index (χ3n) is 4.63. The molecule has 0 radical (unpaired) electrons. The minimum atomic E-state index is 0.0617. The molecule has 148 valence electrons. The highest BCUT2D eigenvalue weighted by molar-refractivity contribution is 5.86. The van der Waals surface area contributed by atoms with E-state index in [-0.39, 0.29) is 5.91 Å². The predicted molar refractivity (Wildman–Crippen MR) is 113 cm³/mol. The van der Waals surface area contributed by atoms with Crippen molar-refractivity contribution < 1.29 is 14.3 Å². The van der Waals surface area contributed by atoms with E-state index in [0.29, 0.717) is 13.0 Å². The lowest BCUT2D eigenvalue weighted by molar-refractivity contribution is -0.120. The number of H-pyrrole nitrogens is 1. The molecule has 5 heteroatoms. The summed E-state index contributed by atoms with van der Waals surface area (Å²) in [5.74, 6) is 0.885. The largest absolute Gasteiger partial charge is 0.497 e. The Labute approximate surface area is 166 Å². The van der Waals surface area contributed by atoms with Crippen molar-refractivity contribution in [3.8, 4) is 5.75 Å². The van der Waals surface area contributed by atoms with Gasteiger partial charge in [0.1, 0.15) is 12.0 Å². The molecule has 0 atom stereocenters. The number of carbonyl (C=O) groups excluding carboxylic acids is 2. The molecule has 0 spiro atoms. The smallest absolute Gasteiger partial charge is 0.219 e. The lowest BCUT2D eigenvalue weighted by Gasteiger charge is -2.05. The molecule has 0 fully saturated rings. The van der Waals surface area contributed by atoms with Crippen LogP contribution in [0.15, 0.2) is 42.5 Å². The van der Waals surface area contributed by atoms with Gasteiger partial charge in [-0.15, -0.1) is 0 Å². The number of benzene rings is 2. The maximum atomic E-state index is 11.3. The van der Waals surface area contributed by atoms with Gasteiger partial charge in [0.25, 0.3) is 0 Å². The molecule has 0 bridgehead atoms. The zero-order valence-electron chi connectivity index (χ0n) is 17.0. The van der Waals surface area contributed by atoms with Crippen molar-refractivity contribution in [3.05, 3.63) is 64.8 Å². The fourth-order valence-corrected chi connectivity index (χ4v) is 2.86. The van der Waals surface area contributed by atoms with E-state index in [1.165, 1.54) is 5.56 Å². The summed E-state index contributed by atoms with van der Waals surface area (Å²) in [6.45, 7) is 6.50. The average Bonchev–Trinajstić information content (AvgIpc) is 3.06. The number of hydrogen-bond donors (Lipinski definition) is 2. The Kier molecular flexibility index (Phi) is 7.81. The normalized spacial score (nSPS) is 10.1. The van der Waals surface area contributed by atoms with E-state index in [4.69, 9.17) is 4.74 Å². The van der Waals surface area contributed by atoms with Crippen LogP contribution in [-0.4, -0.2) is 24.3 Å². The second kappa shape index (κ2) is 10.3. The molecule has 0 aliphatic carbocycles. The van der Waals surface area contributed by atoms with Crippen LogP contribution in [0.25, 0.3) is 10.9 Å². The lowest BCUT2D eigenvalue weighted by Crippen LogP contribution is -2.21. The standard InChI is InChI=1S/C14H18N2O2.C9H10O/c1-4-14(17)15-8-12-9(2)16-13-6-5-10(18-3)7-11(12)13;1-2-8-3-5-9(7-10)6-4-8/h5-7,16H,4,8H2,1-3H3,(H,15,17);3-7H,2H2,1H3. The Morgan fingerprint density at radius 3 is 2.43 bits per heavy atom. The van der Waals surface area contributed by atoms with Crippen molar-refractivity contribution in [2.45, 2.75) is 40.2 Å². The van der Waals surface area contributed by atoms with Gasteiger partial charge >= 0.3 is 0 Å². The minimum absolute atomic E-state index is 0.0617. The number of amides is 1. The summed E-state index contributed by atoms with van der Waals surface area (Å²) in [4.78, 5) is 24.9. The Morgan fingerprint density at radius 1 is 1.14 bits per heavy atom. The summed E-state index contributed by atoms with van der Waals surface area (Å²) in [7, 11) is 1.65. The quantitative estimate of drug-likeness (QED) is 0.615. The number of ether oxygens (including phenoxy) is 1. The fourth-order valence-electron chi connectivity index (χ4n) is 2.86. The van der Waals surface area contributed by atoms with Gasteiger partial charge in [-0.05, 0) is 42.7 Å². The van der Waals surface area contributed by atoms with E-state index < -0.39 is 0 Å². The van der Waals surface area contributed by atoms with Crippen molar-refractivity contribution >= 4 is 23.1 Å². The highest BCUT2D eigenvalue weighted by Crippen LogP contribution is 2.26. The Morgan fingerprint density at radius 2 is 1.86 bits per heavy atom. The van der Waals surface area contributed by atoms with Gasteiger partial charge in [-0.2, -0.15) is 0 Å². The van der Waals surface area contributed by atoms with Crippen LogP contribution in [0.5, 0.6) is 5.75 Å². The van der Waals surface area contributed by atoms with E-state index >= 15 is 0 Å². The molecule has 1 heterocycles. The van der Waals surface area contributed by atoms with Gasteiger partial charge in [0.15, 0.2) is 0 Å². The van der Waals surface area contributed by atoms with Gasteiger partial charge in [0, 0.05) is 35.1 Å². The Hall–Kier alpha value is -3.08. The van der Waals surface area contributed by atoms with Crippen LogP contribution in [0.1, 0.15) is 47.4 Å². The summed E-state index contributed by atoms with van der Waals surface area (Å²) in [6.07, 6.45) is 2.39. The molecule has 0 unspecified atom stereocenters. The molecule has 1 aromatic heterocycles. The highest BCUT2D eigenvalue weighted by Gasteiger charge is 2.10. The number of fused-ring (bicyclic) bond motifs is 1. The van der Waals surface area contributed by atoms with Gasteiger partial charge < -0.3 is 15.0 Å². The average molecular weight is 380 g/mol. The first-order chi connectivity index (χ1) is 13.5. The van der Waals surface area contributed by atoms with Crippen LogP contribution in [0.4, 0.5) is 0 Å². The summed E-state index contributed by atoms with van der Waals surface area (Å²) < 4.78 is 5.23. The maximum absolute atomic E-state index is 11.3. The Bertz CT molecular complexity index is 927. The van der Waals surface area contributed by atoms with Crippen LogP contribution < -0.4 is 10.1 Å². The molecule has 5 nitrogen and oxygen atoms in total. The topological polar surface area (TPSA) is 71.2 Å². The number of aromatic amines is 1. The fraction of sp³-hybridized carbons (Fsp3) is 0.304. The van der Waals surface area contributed by atoms with Gasteiger partial charge in [-0.25, -0.2) is 0 Å². The number of aromatic nitrogens is 1. The van der Waals surface area contributed by atoms with Crippen LogP contribution in [-0.2, 0) is 17.8 Å². The summed E-state index contributed by atoms with van der Waals surface area (Å²) >= 11 is 0. The lowest BCUT2D eigenvalue weighted by atomic mass is 10.1. The molecule has 0 saturated heterocycles. The SMILES string of the molecule is CCC(=O)NCc1c(C)[nH]c2ccc(OC)cc12.CCc1ccc(C=O)cc1. The maximum Gasteiger partial charge on any atom is 0.219 e. The van der Waals surface area contributed by atoms with E-state index in [9.17, 15) is 9.59 Å². The second-order valence-electron chi connectivity index (χ2n) is 6.48. The molecule has 1 amide bonds. The number of methoxy groups -OCH3 is 1. The third-order valence-corrected chi connectivity index (χ3v) is 4.63. The number of rotatable bonds is 6. The number of aryl methyl sites for hydroxylation is 2. The first-order valence-electron chi connectivity index (χ1n) is 9.48. The molecule has 0 aliphatic heterocycles. The van der Waals surface area contributed by atoms with E-state index in [1.807, 2.05) is 56.3 Å². The molecule has 0 saturated carbocycles. The third kappa shape index (κ3) is 5.46. The summed E-state index contributed by atoms with van der Waals surface area (Å²) in [5.41, 5.74) is 5.28. The molecule has 2 aromatic carbocycles. The highest BCUT2D eigenvalue weighted by atomic mass is 16.5. The Balaban J connectivity index is 0.000000237. The van der Waals surface area contributed by atoms with Gasteiger partial charge in [0.05, 0.1) is 7.11 Å². The first-order valence-corrected chi connectivity index (χ1v) is 9.48. The van der Waals surface area contributed by atoms with Gasteiger partial charge in [-0.1, -0.05) is 38.1 Å². The second-order valence-corrected chi connectivity index (χ2v) is 6.48. The summed E-state index contributed by atoms with van der Waals surface area (Å²) in [5, 5.41) is 4.01. The van der Waals surface area contributed by atoms with Crippen molar-refractivity contribution in [2.75, 3.05) is 7.11 Å². The molecule has 2 N–H and O–H groups in total. The van der Waals surface area contributed by atoms with Crippen LogP contribution in [0.3, 0.4) is 0 Å². The zero-order chi connectivity index (χ0) is 20.5. The van der Waals surface area contributed by atoms with Crippen molar-refractivity contribution in [1.82, 2.24) is 10.3 Å². The van der Waals surface area contributed by atoms with Gasteiger partial charge in [0.2, 0.25) is 5.91 Å². The monoisotopic (exact) mass is 380 g/mol. The number of aldehydes is 1. The number of carbonyl (C=O) groups is 2. The number of hydrogen-bond acceptors (Lipinski definition) is 3. The van der Waals surface area contributed by atoms with Gasteiger partial charge in [-0.3, -0.25) is 9.59 Å². The molecule has 0 aliphatic rings. The van der Waals surface area contributed by atoms with E-state index in [0.717, 1.165) is 46.2 Å². The predicted octanol–water partition coefficient (Wildman–Crippen LogP) is 4.57. The summed E-state index contributed by atoms with van der Waals surface area (Å²) in [6, 6.07) is 13.5. The van der Waals surface area contributed by atoms with Crippen LogP contribution in [0, 0.1) is 6.92 Å². The molecular weight excluding hydrogens is 352 g/mol. The van der Waals surface area contributed by atoms with Crippen LogP contribution >= 0.6 is 0 Å². The first kappa shape index (κ1) is 21.2. The van der Waals surface area contributed by atoms with Crippen LogP contribution in [0.2, 0.25) is 0 Å².